The van der Waals surface area contributed by atoms with Crippen molar-refractivity contribution >= 4 is 16.9 Å². The van der Waals surface area contributed by atoms with Gasteiger partial charge in [0.15, 0.2) is 6.73 Å². The van der Waals surface area contributed by atoms with Gasteiger partial charge in [0.25, 0.3) is 5.56 Å². The summed E-state index contributed by atoms with van der Waals surface area (Å²) in [6.07, 6.45) is 2.33. The summed E-state index contributed by atoms with van der Waals surface area (Å²) in [5.41, 5.74) is 0.636. The van der Waals surface area contributed by atoms with E-state index in [4.69, 9.17) is 14.2 Å². The topological polar surface area (TPSA) is 83.0 Å². The van der Waals surface area contributed by atoms with Gasteiger partial charge in [0, 0.05) is 6.42 Å². The monoisotopic (exact) mass is 346 g/mol. The van der Waals surface area contributed by atoms with Gasteiger partial charge >= 0.3 is 5.97 Å². The van der Waals surface area contributed by atoms with Gasteiger partial charge in [0.05, 0.1) is 36.1 Å². The first kappa shape index (κ1) is 17.4. The molecule has 0 saturated carbocycles. The van der Waals surface area contributed by atoms with E-state index in [0.29, 0.717) is 16.7 Å². The Morgan fingerprint density at radius 1 is 1.40 bits per heavy atom. The van der Waals surface area contributed by atoms with Crippen molar-refractivity contribution < 1.29 is 19.0 Å². The molecule has 1 aromatic carbocycles. The molecule has 0 bridgehead atoms. The fourth-order valence-electron chi connectivity index (χ4n) is 2.45. The van der Waals surface area contributed by atoms with Crippen molar-refractivity contribution in [3.63, 3.8) is 0 Å². The number of aromatic nitrogens is 2. The van der Waals surface area contributed by atoms with Crippen LogP contribution >= 0.6 is 0 Å². The second kappa shape index (κ2) is 6.48. The largest absolute Gasteiger partial charge is 0.496 e. The van der Waals surface area contributed by atoms with Gasteiger partial charge < -0.3 is 14.2 Å². The van der Waals surface area contributed by atoms with Crippen molar-refractivity contribution in [3.8, 4) is 5.75 Å². The van der Waals surface area contributed by atoms with Gasteiger partial charge in [-0.3, -0.25) is 14.2 Å². The van der Waals surface area contributed by atoms with E-state index in [9.17, 15) is 9.59 Å². The number of hydrogen-bond donors (Lipinski definition) is 0. The lowest BCUT2D eigenvalue weighted by Crippen LogP contribution is -2.28. The van der Waals surface area contributed by atoms with Crippen LogP contribution in [-0.4, -0.2) is 35.3 Å². The molecule has 7 heteroatoms. The number of benzene rings is 1. The maximum absolute atomic E-state index is 12.7. The fraction of sp³-hybridized carbons (Fsp3) is 0.500. The molecule has 0 aliphatic carbocycles. The molecule has 1 atom stereocenters. The molecule has 0 amide bonds. The van der Waals surface area contributed by atoms with E-state index >= 15 is 0 Å². The molecule has 1 unspecified atom stereocenters. The van der Waals surface area contributed by atoms with E-state index in [2.05, 4.69) is 4.98 Å². The van der Waals surface area contributed by atoms with Gasteiger partial charge in [-0.1, -0.05) is 0 Å². The average Bonchev–Trinajstić information content (AvgIpc) is 3.36. The summed E-state index contributed by atoms with van der Waals surface area (Å²) in [6, 6.07) is 3.53. The van der Waals surface area contributed by atoms with Crippen molar-refractivity contribution in [1.82, 2.24) is 9.55 Å². The van der Waals surface area contributed by atoms with Gasteiger partial charge in [-0.25, -0.2) is 4.98 Å². The minimum absolute atomic E-state index is 0.169. The Morgan fingerprint density at radius 3 is 2.72 bits per heavy atom. The summed E-state index contributed by atoms with van der Waals surface area (Å²) in [5.74, 6) is 0.253. The SMILES string of the molecule is COc1cc2c(=O)n(COC(=O)C(C)(C)C)cnc2cc1CC1CO1. The number of ether oxygens (including phenoxy) is 3. The van der Waals surface area contributed by atoms with Crippen molar-refractivity contribution in [2.75, 3.05) is 13.7 Å². The maximum atomic E-state index is 12.7. The van der Waals surface area contributed by atoms with Gasteiger partial charge in [-0.2, -0.15) is 0 Å². The van der Waals surface area contributed by atoms with E-state index < -0.39 is 5.41 Å². The Balaban J connectivity index is 1.90. The molecular formula is C18H22N2O5. The Morgan fingerprint density at radius 2 is 2.12 bits per heavy atom. The molecule has 0 N–H and O–H groups in total. The summed E-state index contributed by atoms with van der Waals surface area (Å²) >= 11 is 0. The number of esters is 1. The third kappa shape index (κ3) is 3.82. The highest BCUT2D eigenvalue weighted by molar-refractivity contribution is 5.80. The molecule has 2 aromatic rings. The fourth-order valence-corrected chi connectivity index (χ4v) is 2.45. The molecule has 1 aliphatic heterocycles. The summed E-state index contributed by atoms with van der Waals surface area (Å²) in [7, 11) is 1.57. The van der Waals surface area contributed by atoms with Crippen LogP contribution in [0.4, 0.5) is 0 Å². The molecule has 0 radical (unpaired) electrons. The molecule has 2 heterocycles. The zero-order valence-corrected chi connectivity index (χ0v) is 14.9. The molecule has 1 aromatic heterocycles. The molecule has 3 rings (SSSR count). The van der Waals surface area contributed by atoms with Crippen molar-refractivity contribution in [3.05, 3.63) is 34.4 Å². The van der Waals surface area contributed by atoms with Crippen LogP contribution in [0.1, 0.15) is 26.3 Å². The average molecular weight is 346 g/mol. The number of epoxide rings is 1. The van der Waals surface area contributed by atoms with Gasteiger partial charge in [0.2, 0.25) is 0 Å². The number of nitrogens with zero attached hydrogens (tertiary/aromatic N) is 2. The number of rotatable bonds is 5. The highest BCUT2D eigenvalue weighted by atomic mass is 16.6. The quantitative estimate of drug-likeness (QED) is 0.607. The zero-order chi connectivity index (χ0) is 18.2. The van der Waals surface area contributed by atoms with E-state index in [1.165, 1.54) is 10.9 Å². The lowest BCUT2D eigenvalue weighted by atomic mass is 9.98. The number of fused-ring (bicyclic) bond motifs is 1. The highest BCUT2D eigenvalue weighted by Gasteiger charge is 2.25. The lowest BCUT2D eigenvalue weighted by Gasteiger charge is -2.17. The van der Waals surface area contributed by atoms with Crippen LogP contribution in [0.3, 0.4) is 0 Å². The molecule has 1 saturated heterocycles. The van der Waals surface area contributed by atoms with Crippen LogP contribution in [0.2, 0.25) is 0 Å². The molecule has 0 spiro atoms. The third-order valence-corrected chi connectivity index (χ3v) is 4.02. The number of hydrogen-bond acceptors (Lipinski definition) is 6. The summed E-state index contributed by atoms with van der Waals surface area (Å²) in [4.78, 5) is 28.9. The van der Waals surface area contributed by atoms with Crippen LogP contribution in [0.5, 0.6) is 5.75 Å². The van der Waals surface area contributed by atoms with Crippen molar-refractivity contribution in [1.29, 1.82) is 0 Å². The van der Waals surface area contributed by atoms with Crippen molar-refractivity contribution in [2.24, 2.45) is 5.41 Å². The number of methoxy groups -OCH3 is 1. The highest BCUT2D eigenvalue weighted by Crippen LogP contribution is 2.27. The molecular weight excluding hydrogens is 324 g/mol. The van der Waals surface area contributed by atoms with Crippen molar-refractivity contribution in [2.45, 2.75) is 40.0 Å². The zero-order valence-electron chi connectivity index (χ0n) is 14.9. The minimum atomic E-state index is -0.628. The molecule has 25 heavy (non-hydrogen) atoms. The Labute approximate surface area is 145 Å². The summed E-state index contributed by atoms with van der Waals surface area (Å²) < 4.78 is 17.1. The smallest absolute Gasteiger partial charge is 0.312 e. The molecule has 1 aliphatic rings. The predicted octanol–water partition coefficient (Wildman–Crippen LogP) is 1.89. The predicted molar refractivity (Wildman–Crippen MR) is 91.5 cm³/mol. The van der Waals surface area contributed by atoms with Crippen LogP contribution < -0.4 is 10.3 Å². The van der Waals surface area contributed by atoms with E-state index in [0.717, 1.165) is 18.6 Å². The molecule has 134 valence electrons. The van der Waals surface area contributed by atoms with E-state index in [-0.39, 0.29) is 24.4 Å². The minimum Gasteiger partial charge on any atom is -0.496 e. The van der Waals surface area contributed by atoms with Crippen LogP contribution in [-0.2, 0) is 27.4 Å². The van der Waals surface area contributed by atoms with Crippen LogP contribution in [0, 0.1) is 5.41 Å². The second-order valence-electron chi connectivity index (χ2n) is 7.17. The second-order valence-corrected chi connectivity index (χ2v) is 7.17. The lowest BCUT2D eigenvalue weighted by molar-refractivity contribution is -0.157. The van der Waals surface area contributed by atoms with E-state index in [1.54, 1.807) is 33.9 Å². The van der Waals surface area contributed by atoms with Gasteiger partial charge in [-0.05, 0) is 38.5 Å². The first-order chi connectivity index (χ1) is 11.8. The number of carbonyl (C=O) groups excluding carboxylic acids is 1. The molecule has 1 fully saturated rings. The third-order valence-electron chi connectivity index (χ3n) is 4.02. The standard InChI is InChI=1S/C18H22N2O5/c1-18(2,3)17(22)25-10-20-9-19-14-6-11(5-12-8-24-12)15(23-4)7-13(14)16(20)21/h6-7,9,12H,5,8,10H2,1-4H3. The first-order valence-electron chi connectivity index (χ1n) is 8.14. The van der Waals surface area contributed by atoms with E-state index in [1.807, 2.05) is 6.07 Å². The number of carbonyl (C=O) groups is 1. The Hall–Kier alpha value is -2.41. The Bertz CT molecular complexity index is 862. The maximum Gasteiger partial charge on any atom is 0.312 e. The van der Waals surface area contributed by atoms with Crippen LogP contribution in [0.15, 0.2) is 23.3 Å². The first-order valence-corrected chi connectivity index (χ1v) is 8.14. The normalized spacial score (nSPS) is 16.7. The van der Waals surface area contributed by atoms with Gasteiger partial charge in [-0.15, -0.1) is 0 Å². The Kier molecular flexibility index (Phi) is 4.51. The van der Waals surface area contributed by atoms with Crippen LogP contribution in [0.25, 0.3) is 10.9 Å². The summed E-state index contributed by atoms with van der Waals surface area (Å²) in [6.45, 7) is 5.85. The summed E-state index contributed by atoms with van der Waals surface area (Å²) in [5, 5.41) is 0.423. The van der Waals surface area contributed by atoms with Gasteiger partial charge in [0.1, 0.15) is 12.1 Å². The molecule has 7 nitrogen and oxygen atoms in total.